The Balaban J connectivity index is 0.00000128. The van der Waals surface area contributed by atoms with Crippen molar-refractivity contribution in [3.8, 4) is 0 Å². The van der Waals surface area contributed by atoms with Crippen LogP contribution in [-0.4, -0.2) is 26.7 Å². The lowest BCUT2D eigenvalue weighted by Crippen LogP contribution is -2.07. The number of rotatable bonds is 1. The Morgan fingerprint density at radius 3 is 2.69 bits per heavy atom. The van der Waals surface area contributed by atoms with E-state index in [2.05, 4.69) is 10.2 Å². The third-order valence-corrected chi connectivity index (χ3v) is 2.20. The van der Waals surface area contributed by atoms with Crippen molar-refractivity contribution in [2.75, 3.05) is 5.73 Å². The number of halogens is 1. The highest BCUT2D eigenvalue weighted by atomic mass is 35.5. The monoisotopic (exact) mass is 241 g/mol. The highest BCUT2D eigenvalue weighted by Crippen LogP contribution is 2.23. The van der Waals surface area contributed by atoms with Gasteiger partial charge in [0.1, 0.15) is 0 Å². The molecule has 0 amide bonds. The summed E-state index contributed by atoms with van der Waals surface area (Å²) in [5.41, 5.74) is 5.98. The normalized spacial score (nSPS) is 9.81. The first-order valence-corrected chi connectivity index (χ1v) is 4.42. The van der Waals surface area contributed by atoms with Gasteiger partial charge in [-0.3, -0.25) is 0 Å². The van der Waals surface area contributed by atoms with E-state index in [-0.39, 0.29) is 16.9 Å². The van der Waals surface area contributed by atoms with Crippen molar-refractivity contribution in [1.82, 2.24) is 10.2 Å². The molecule has 0 aliphatic rings. The van der Waals surface area contributed by atoms with E-state index in [1.807, 2.05) is 0 Å². The van der Waals surface area contributed by atoms with E-state index < -0.39 is 5.97 Å². The molecule has 0 saturated heterocycles. The molecule has 0 atom stereocenters. The largest absolute Gasteiger partial charge is 0.476 e. The molecule has 0 bridgehead atoms. The predicted octanol–water partition coefficient (Wildman–Crippen LogP) is 0.739. The third-order valence-electron chi connectivity index (χ3n) is 1.97. The number of anilines is 1. The number of nitrogens with zero attached hydrogens (tertiary/aromatic N) is 2. The number of fused-ring (bicyclic) bond motifs is 1. The zero-order chi connectivity index (χ0) is 11.0. The number of hydrogen-bond donors (Lipinski definition) is 2. The second-order valence-electron chi connectivity index (χ2n) is 2.93. The lowest BCUT2D eigenvalue weighted by atomic mass is 10.2. The lowest BCUT2D eigenvalue weighted by molar-refractivity contribution is 0.0691. The number of carboxylic acid groups (broad SMARTS) is 1. The molecule has 2 rings (SSSR count). The zero-order valence-corrected chi connectivity index (χ0v) is 8.69. The summed E-state index contributed by atoms with van der Waals surface area (Å²) in [6.07, 6.45) is 0. The Labute approximate surface area is 95.0 Å². The fourth-order valence-electron chi connectivity index (χ4n) is 1.26. The molecule has 1 aromatic heterocycles. The van der Waals surface area contributed by atoms with Crippen LogP contribution >= 0.6 is 11.6 Å². The molecular weight excluding hydrogens is 234 g/mol. The van der Waals surface area contributed by atoms with Crippen LogP contribution in [0.15, 0.2) is 18.2 Å². The Hall–Kier alpha value is -1.92. The molecule has 2 aromatic rings. The Bertz CT molecular complexity index is 559. The first-order chi connectivity index (χ1) is 7.09. The summed E-state index contributed by atoms with van der Waals surface area (Å²) in [4.78, 5) is 10.7. The van der Waals surface area contributed by atoms with E-state index >= 15 is 0 Å². The van der Waals surface area contributed by atoms with Crippen molar-refractivity contribution >= 4 is 34.2 Å². The van der Waals surface area contributed by atoms with Gasteiger partial charge in [0.25, 0.3) is 0 Å². The van der Waals surface area contributed by atoms with Gasteiger partial charge in [-0.1, -0.05) is 11.6 Å². The number of aromatic nitrogens is 2. The quantitative estimate of drug-likeness (QED) is 0.763. The molecule has 0 saturated carbocycles. The summed E-state index contributed by atoms with van der Waals surface area (Å²) in [5, 5.41) is 17.0. The van der Waals surface area contributed by atoms with Gasteiger partial charge in [-0.15, -0.1) is 10.2 Å². The molecule has 0 aliphatic carbocycles. The average molecular weight is 242 g/mol. The Kier molecular flexibility index (Phi) is 3.26. The summed E-state index contributed by atoms with van der Waals surface area (Å²) in [5.74, 6) is -1.20. The maximum absolute atomic E-state index is 10.7. The maximum Gasteiger partial charge on any atom is 0.358 e. The van der Waals surface area contributed by atoms with Crippen molar-refractivity contribution in [2.24, 2.45) is 0 Å². The number of nitrogens with two attached hydrogens (primary N) is 1. The van der Waals surface area contributed by atoms with Gasteiger partial charge in [0.05, 0.1) is 11.2 Å². The van der Waals surface area contributed by atoms with Crippen LogP contribution in [0.25, 0.3) is 10.9 Å². The second-order valence-corrected chi connectivity index (χ2v) is 3.37. The standard InChI is InChI=1S/C9H6ClN3O2.H2O/c10-4-1-2-5-6(3-4)12-13-8(7(5)11)9(14)15;/h1-3H,(H2,11,12)(H,14,15);1H2. The van der Waals surface area contributed by atoms with Gasteiger partial charge in [0, 0.05) is 10.4 Å². The topological polar surface area (TPSA) is 121 Å². The number of benzene rings is 1. The Morgan fingerprint density at radius 1 is 1.38 bits per heavy atom. The van der Waals surface area contributed by atoms with Crippen molar-refractivity contribution < 1.29 is 15.4 Å². The first kappa shape index (κ1) is 12.2. The molecule has 0 fully saturated rings. The van der Waals surface area contributed by atoms with Crippen molar-refractivity contribution in [3.63, 3.8) is 0 Å². The fraction of sp³-hybridized carbons (Fsp3) is 0. The van der Waals surface area contributed by atoms with Crippen LogP contribution in [-0.2, 0) is 0 Å². The van der Waals surface area contributed by atoms with Crippen LogP contribution < -0.4 is 5.73 Å². The van der Waals surface area contributed by atoms with E-state index in [1.54, 1.807) is 18.2 Å². The number of hydrogen-bond acceptors (Lipinski definition) is 4. The summed E-state index contributed by atoms with van der Waals surface area (Å²) in [6, 6.07) is 4.81. The van der Waals surface area contributed by atoms with Gasteiger partial charge in [0.15, 0.2) is 5.69 Å². The van der Waals surface area contributed by atoms with Gasteiger partial charge in [-0.2, -0.15) is 0 Å². The average Bonchev–Trinajstić information content (AvgIpc) is 2.17. The Morgan fingerprint density at radius 2 is 2.06 bits per heavy atom. The number of carbonyl (C=O) groups is 1. The third kappa shape index (κ3) is 1.88. The van der Waals surface area contributed by atoms with Gasteiger partial charge < -0.3 is 16.3 Å². The summed E-state index contributed by atoms with van der Waals surface area (Å²) in [6.45, 7) is 0. The van der Waals surface area contributed by atoms with Crippen LogP contribution in [0, 0.1) is 0 Å². The minimum atomic E-state index is -1.20. The minimum Gasteiger partial charge on any atom is -0.476 e. The van der Waals surface area contributed by atoms with E-state index in [0.717, 1.165) is 0 Å². The smallest absolute Gasteiger partial charge is 0.358 e. The lowest BCUT2D eigenvalue weighted by Gasteiger charge is -2.03. The number of carboxylic acids is 1. The maximum atomic E-state index is 10.7. The molecule has 0 spiro atoms. The second kappa shape index (κ2) is 4.30. The molecule has 5 N–H and O–H groups in total. The highest BCUT2D eigenvalue weighted by molar-refractivity contribution is 6.31. The van der Waals surface area contributed by atoms with Crippen LogP contribution in [0.2, 0.25) is 5.02 Å². The van der Waals surface area contributed by atoms with E-state index in [0.29, 0.717) is 15.9 Å². The molecule has 0 unspecified atom stereocenters. The van der Waals surface area contributed by atoms with E-state index in [9.17, 15) is 4.79 Å². The highest BCUT2D eigenvalue weighted by Gasteiger charge is 2.13. The summed E-state index contributed by atoms with van der Waals surface area (Å²) >= 11 is 5.75. The molecule has 0 radical (unpaired) electrons. The first-order valence-electron chi connectivity index (χ1n) is 4.04. The number of aromatic carboxylic acids is 1. The fourth-order valence-corrected chi connectivity index (χ4v) is 1.42. The predicted molar refractivity (Wildman–Crippen MR) is 59.5 cm³/mol. The zero-order valence-electron chi connectivity index (χ0n) is 7.94. The van der Waals surface area contributed by atoms with Gasteiger partial charge in [0.2, 0.25) is 0 Å². The van der Waals surface area contributed by atoms with Crippen LogP contribution in [0.1, 0.15) is 10.5 Å². The van der Waals surface area contributed by atoms with Gasteiger partial charge >= 0.3 is 5.97 Å². The molecule has 1 heterocycles. The number of nitrogen functional groups attached to an aromatic ring is 1. The molecule has 7 heteroatoms. The van der Waals surface area contributed by atoms with E-state index in [4.69, 9.17) is 22.4 Å². The summed E-state index contributed by atoms with van der Waals surface area (Å²) < 4.78 is 0. The van der Waals surface area contributed by atoms with Crippen LogP contribution in [0.4, 0.5) is 5.69 Å². The SMILES string of the molecule is Nc1c(C(=O)O)nnc2cc(Cl)ccc12.O. The molecule has 0 aliphatic heterocycles. The minimum absolute atomic E-state index is 0. The molecular formula is C9H8ClN3O3. The van der Waals surface area contributed by atoms with E-state index in [1.165, 1.54) is 0 Å². The van der Waals surface area contributed by atoms with Crippen LogP contribution in [0.5, 0.6) is 0 Å². The molecule has 16 heavy (non-hydrogen) atoms. The van der Waals surface area contributed by atoms with Gasteiger partial charge in [-0.25, -0.2) is 4.79 Å². The van der Waals surface area contributed by atoms with Crippen molar-refractivity contribution in [2.45, 2.75) is 0 Å². The van der Waals surface area contributed by atoms with Crippen LogP contribution in [0.3, 0.4) is 0 Å². The molecule has 6 nitrogen and oxygen atoms in total. The molecule has 84 valence electrons. The summed E-state index contributed by atoms with van der Waals surface area (Å²) in [7, 11) is 0. The van der Waals surface area contributed by atoms with Crippen molar-refractivity contribution in [3.05, 3.63) is 28.9 Å². The van der Waals surface area contributed by atoms with Gasteiger partial charge in [-0.05, 0) is 18.2 Å². The molecule has 1 aromatic carbocycles. The van der Waals surface area contributed by atoms with Crippen molar-refractivity contribution in [1.29, 1.82) is 0 Å².